The summed E-state index contributed by atoms with van der Waals surface area (Å²) in [6.07, 6.45) is 5.50. The molecule has 7 nitrogen and oxygen atoms in total. The second-order valence-corrected chi connectivity index (χ2v) is 8.76. The summed E-state index contributed by atoms with van der Waals surface area (Å²) in [5.41, 5.74) is 10.1. The van der Waals surface area contributed by atoms with E-state index in [2.05, 4.69) is 39.5 Å². The van der Waals surface area contributed by atoms with Crippen LogP contribution in [0.2, 0.25) is 0 Å². The van der Waals surface area contributed by atoms with Crippen molar-refractivity contribution >= 4 is 17.5 Å². The third kappa shape index (κ3) is 4.84. The molecule has 2 aromatic heterocycles. The predicted octanol–water partition coefficient (Wildman–Crippen LogP) is 3.49. The maximum absolute atomic E-state index is 12.9. The number of carbonyl (C=O) groups is 2. The molecular formula is C27H27N5O2. The number of carbonyl (C=O) groups excluding carboxylic acids is 2. The lowest BCUT2D eigenvalue weighted by molar-refractivity contribution is 0.0904. The Labute approximate surface area is 198 Å². The van der Waals surface area contributed by atoms with Gasteiger partial charge in [-0.25, -0.2) is 4.98 Å². The Balaban J connectivity index is 1.23. The molecule has 2 aromatic carbocycles. The van der Waals surface area contributed by atoms with E-state index in [-0.39, 0.29) is 11.9 Å². The fraction of sp³-hybridized carbons (Fsp3) is 0.222. The fourth-order valence-electron chi connectivity index (χ4n) is 4.46. The number of amides is 2. The molecule has 0 atom stereocenters. The quantitative estimate of drug-likeness (QED) is 0.467. The number of pyridine rings is 1. The minimum absolute atomic E-state index is 0.149. The Morgan fingerprint density at radius 1 is 0.941 bits per heavy atom. The van der Waals surface area contributed by atoms with Crippen molar-refractivity contribution in [1.29, 1.82) is 0 Å². The largest absolute Gasteiger partial charge is 0.366 e. The highest BCUT2D eigenvalue weighted by atomic mass is 16.2. The number of primary amides is 1. The van der Waals surface area contributed by atoms with Crippen LogP contribution in [0.3, 0.4) is 0 Å². The lowest BCUT2D eigenvalue weighted by atomic mass is 10.0. The van der Waals surface area contributed by atoms with Gasteiger partial charge in [0.15, 0.2) is 0 Å². The van der Waals surface area contributed by atoms with Gasteiger partial charge in [0.05, 0.1) is 0 Å². The number of nitrogens with one attached hydrogen (secondary N) is 1. The summed E-state index contributed by atoms with van der Waals surface area (Å²) >= 11 is 0. The molecule has 1 fully saturated rings. The van der Waals surface area contributed by atoms with E-state index in [0.29, 0.717) is 16.9 Å². The molecule has 34 heavy (non-hydrogen) atoms. The zero-order valence-corrected chi connectivity index (χ0v) is 18.9. The Bertz CT molecular complexity index is 1320. The lowest BCUT2D eigenvalue weighted by Gasteiger charge is -2.32. The lowest BCUT2D eigenvalue weighted by Crippen LogP contribution is -2.44. The summed E-state index contributed by atoms with van der Waals surface area (Å²) in [6, 6.07) is 21.6. The number of benzene rings is 2. The number of nitrogens with two attached hydrogens (primary N) is 1. The minimum atomic E-state index is -0.463. The molecule has 0 aliphatic carbocycles. The third-order valence-corrected chi connectivity index (χ3v) is 6.34. The number of imidazole rings is 1. The van der Waals surface area contributed by atoms with E-state index in [1.165, 1.54) is 5.56 Å². The number of fused-ring (bicyclic) bond motifs is 1. The van der Waals surface area contributed by atoms with Crippen LogP contribution in [0.4, 0.5) is 0 Å². The van der Waals surface area contributed by atoms with Gasteiger partial charge in [0.2, 0.25) is 5.91 Å². The molecule has 3 N–H and O–H groups in total. The van der Waals surface area contributed by atoms with Crippen LogP contribution < -0.4 is 11.1 Å². The second kappa shape index (κ2) is 9.49. The average Bonchev–Trinajstić information content (AvgIpc) is 3.30. The molecule has 0 bridgehead atoms. The van der Waals surface area contributed by atoms with Gasteiger partial charge in [-0.05, 0) is 53.8 Å². The summed E-state index contributed by atoms with van der Waals surface area (Å²) in [7, 11) is 0. The Hall–Kier alpha value is -3.97. The number of hydrogen-bond donors (Lipinski definition) is 2. The highest BCUT2D eigenvalue weighted by Gasteiger charge is 2.22. The molecule has 7 heteroatoms. The summed E-state index contributed by atoms with van der Waals surface area (Å²) in [5.74, 6) is -0.613. The number of rotatable bonds is 6. The Morgan fingerprint density at radius 3 is 2.50 bits per heavy atom. The maximum atomic E-state index is 12.9. The van der Waals surface area contributed by atoms with Crippen LogP contribution in [0.5, 0.6) is 0 Å². The molecule has 172 valence electrons. The zero-order valence-electron chi connectivity index (χ0n) is 18.9. The normalized spacial score (nSPS) is 14.8. The van der Waals surface area contributed by atoms with Gasteiger partial charge in [0.1, 0.15) is 11.3 Å². The number of hydrogen-bond acceptors (Lipinski definition) is 4. The highest BCUT2D eigenvalue weighted by molar-refractivity contribution is 5.94. The smallest absolute Gasteiger partial charge is 0.271 e. The van der Waals surface area contributed by atoms with Gasteiger partial charge in [-0.2, -0.15) is 0 Å². The summed E-state index contributed by atoms with van der Waals surface area (Å²) in [6.45, 7) is 2.86. The van der Waals surface area contributed by atoms with Crippen molar-refractivity contribution in [3.8, 4) is 11.1 Å². The number of likely N-dealkylation sites (tertiary alicyclic amines) is 1. The van der Waals surface area contributed by atoms with Crippen molar-refractivity contribution in [2.45, 2.75) is 25.4 Å². The molecule has 0 unspecified atom stereocenters. The Morgan fingerprint density at radius 2 is 1.74 bits per heavy atom. The molecule has 0 spiro atoms. The molecule has 3 heterocycles. The van der Waals surface area contributed by atoms with Crippen LogP contribution in [0.1, 0.15) is 39.3 Å². The minimum Gasteiger partial charge on any atom is -0.366 e. The molecule has 1 aliphatic rings. The first-order chi connectivity index (χ1) is 16.5. The van der Waals surface area contributed by atoms with Gasteiger partial charge in [-0.1, -0.05) is 42.5 Å². The highest BCUT2D eigenvalue weighted by Crippen LogP contribution is 2.22. The molecule has 5 rings (SSSR count). The Kier molecular flexibility index (Phi) is 6.10. The topological polar surface area (TPSA) is 92.7 Å². The van der Waals surface area contributed by atoms with E-state index in [0.717, 1.165) is 43.6 Å². The first-order valence-electron chi connectivity index (χ1n) is 11.5. The van der Waals surface area contributed by atoms with Crippen molar-refractivity contribution in [2.75, 3.05) is 13.1 Å². The number of nitrogens with zero attached hydrogens (tertiary/aromatic N) is 3. The van der Waals surface area contributed by atoms with Gasteiger partial charge < -0.3 is 15.5 Å². The monoisotopic (exact) mass is 453 g/mol. The van der Waals surface area contributed by atoms with Gasteiger partial charge in [-0.3, -0.25) is 14.5 Å². The summed E-state index contributed by atoms with van der Waals surface area (Å²) in [5, 5.41) is 3.15. The molecule has 0 saturated carbocycles. The van der Waals surface area contributed by atoms with Crippen LogP contribution in [-0.4, -0.2) is 45.2 Å². The van der Waals surface area contributed by atoms with Crippen LogP contribution in [0.15, 0.2) is 79.1 Å². The first-order valence-corrected chi connectivity index (χ1v) is 11.5. The van der Waals surface area contributed by atoms with Gasteiger partial charge >= 0.3 is 0 Å². The summed E-state index contributed by atoms with van der Waals surface area (Å²) in [4.78, 5) is 31.3. The standard InChI is InChI=1S/C27H27N5O2/c28-26(33)21-8-4-7-20(15-21)22-9-10-25-30-24(18-32(25)17-22)27(34)29-23-11-13-31(14-12-23)16-19-5-2-1-3-6-19/h1-10,15,17-18,23H,11-14,16H2,(H2,28,33)(H,29,34). The molecular weight excluding hydrogens is 426 g/mol. The van der Waals surface area contributed by atoms with Gasteiger partial charge in [0, 0.05) is 43.6 Å². The van der Waals surface area contributed by atoms with E-state index >= 15 is 0 Å². The van der Waals surface area contributed by atoms with Crippen LogP contribution in [0, 0.1) is 0 Å². The van der Waals surface area contributed by atoms with Crippen LogP contribution in [-0.2, 0) is 6.54 Å². The van der Waals surface area contributed by atoms with E-state index in [1.807, 2.05) is 34.9 Å². The molecule has 2 amide bonds. The second-order valence-electron chi connectivity index (χ2n) is 8.76. The SMILES string of the molecule is NC(=O)c1cccc(-c2ccc3nc(C(=O)NC4CCN(Cc5ccccc5)CC4)cn3c2)c1. The predicted molar refractivity (Wildman–Crippen MR) is 131 cm³/mol. The van der Waals surface area contributed by atoms with Gasteiger partial charge in [-0.15, -0.1) is 0 Å². The van der Waals surface area contributed by atoms with E-state index in [9.17, 15) is 9.59 Å². The average molecular weight is 454 g/mol. The van der Waals surface area contributed by atoms with Crippen LogP contribution in [0.25, 0.3) is 16.8 Å². The first kappa shape index (κ1) is 21.9. The molecule has 4 aromatic rings. The number of piperidine rings is 1. The summed E-state index contributed by atoms with van der Waals surface area (Å²) < 4.78 is 1.84. The molecule has 1 aliphatic heterocycles. The zero-order chi connectivity index (χ0) is 23.5. The maximum Gasteiger partial charge on any atom is 0.271 e. The van der Waals surface area contributed by atoms with Gasteiger partial charge in [0.25, 0.3) is 5.91 Å². The van der Waals surface area contributed by atoms with Crippen molar-refractivity contribution in [1.82, 2.24) is 19.6 Å². The molecule has 0 radical (unpaired) electrons. The van der Waals surface area contributed by atoms with Crippen molar-refractivity contribution in [3.63, 3.8) is 0 Å². The van der Waals surface area contributed by atoms with E-state index in [1.54, 1.807) is 24.4 Å². The van der Waals surface area contributed by atoms with E-state index in [4.69, 9.17) is 5.73 Å². The molecule has 1 saturated heterocycles. The third-order valence-electron chi connectivity index (χ3n) is 6.34. The van der Waals surface area contributed by atoms with E-state index < -0.39 is 5.91 Å². The van der Waals surface area contributed by atoms with Crippen molar-refractivity contribution in [3.05, 3.63) is 95.9 Å². The van der Waals surface area contributed by atoms with Crippen LogP contribution >= 0.6 is 0 Å². The fourth-order valence-corrected chi connectivity index (χ4v) is 4.46. The van der Waals surface area contributed by atoms with Crippen molar-refractivity contribution in [2.24, 2.45) is 5.73 Å². The number of aromatic nitrogens is 2. The van der Waals surface area contributed by atoms with Crippen molar-refractivity contribution < 1.29 is 9.59 Å².